The maximum Gasteiger partial charge on any atom is 0.238 e. The number of amides is 1. The fourth-order valence-electron chi connectivity index (χ4n) is 4.64. The highest BCUT2D eigenvalue weighted by Crippen LogP contribution is 2.31. The van der Waals surface area contributed by atoms with Crippen molar-refractivity contribution in [3.05, 3.63) is 48.3 Å². The van der Waals surface area contributed by atoms with Crippen molar-refractivity contribution in [2.45, 2.75) is 44.6 Å². The number of benzene rings is 1. The molecule has 28 heavy (non-hydrogen) atoms. The first kappa shape index (κ1) is 19.1. The van der Waals surface area contributed by atoms with E-state index in [-0.39, 0.29) is 5.91 Å². The van der Waals surface area contributed by atoms with Crippen molar-refractivity contribution < 1.29 is 4.79 Å². The Labute approximate surface area is 168 Å². The van der Waals surface area contributed by atoms with Crippen LogP contribution in [0.5, 0.6) is 0 Å². The van der Waals surface area contributed by atoms with Gasteiger partial charge in [-0.25, -0.2) is 0 Å². The minimum Gasteiger partial charge on any atom is -0.372 e. The van der Waals surface area contributed by atoms with E-state index >= 15 is 0 Å². The van der Waals surface area contributed by atoms with Gasteiger partial charge in [0.15, 0.2) is 0 Å². The second-order valence-electron chi connectivity index (χ2n) is 8.17. The SMILES string of the molecule is Cn1cccc1[C@H]1CCCN1CC(=O)Nc1ccc(N2CCCCCC2)cc1. The van der Waals surface area contributed by atoms with Gasteiger partial charge in [-0.1, -0.05) is 12.8 Å². The summed E-state index contributed by atoms with van der Waals surface area (Å²) in [5.41, 5.74) is 3.45. The Balaban J connectivity index is 1.34. The summed E-state index contributed by atoms with van der Waals surface area (Å²) in [5.74, 6) is 0.0728. The Morgan fingerprint density at radius 3 is 2.43 bits per heavy atom. The third-order valence-corrected chi connectivity index (χ3v) is 6.16. The molecule has 2 aliphatic rings. The van der Waals surface area contributed by atoms with Gasteiger partial charge in [-0.05, 0) is 68.6 Å². The van der Waals surface area contributed by atoms with Crippen molar-refractivity contribution in [3.63, 3.8) is 0 Å². The lowest BCUT2D eigenvalue weighted by atomic mass is 10.1. The quantitative estimate of drug-likeness (QED) is 0.846. The van der Waals surface area contributed by atoms with Crippen LogP contribution in [0, 0.1) is 0 Å². The Morgan fingerprint density at radius 2 is 1.75 bits per heavy atom. The molecule has 4 rings (SSSR count). The molecule has 0 aliphatic carbocycles. The van der Waals surface area contributed by atoms with Gasteiger partial charge in [0.25, 0.3) is 0 Å². The summed E-state index contributed by atoms with van der Waals surface area (Å²) in [6.45, 7) is 3.71. The number of anilines is 2. The second kappa shape index (κ2) is 8.82. The standard InChI is InChI=1S/C23H32N4O/c1-25-14-6-8-21(25)22-9-7-17-27(22)18-23(28)24-19-10-12-20(13-11-19)26-15-4-2-3-5-16-26/h6,8,10-14,22H,2-5,7,9,15-18H2,1H3,(H,24,28)/t22-/m1/s1. The van der Waals surface area contributed by atoms with Crippen molar-refractivity contribution in [3.8, 4) is 0 Å². The van der Waals surface area contributed by atoms with E-state index in [4.69, 9.17) is 0 Å². The lowest BCUT2D eigenvalue weighted by Gasteiger charge is -2.25. The van der Waals surface area contributed by atoms with E-state index in [1.165, 1.54) is 37.1 Å². The Bertz CT molecular complexity index is 774. The van der Waals surface area contributed by atoms with Gasteiger partial charge in [0.2, 0.25) is 5.91 Å². The lowest BCUT2D eigenvalue weighted by molar-refractivity contribution is -0.117. The summed E-state index contributed by atoms with van der Waals surface area (Å²) >= 11 is 0. The average molecular weight is 381 g/mol. The average Bonchev–Trinajstić information content (AvgIpc) is 3.22. The number of nitrogens with one attached hydrogen (secondary N) is 1. The number of hydrogen-bond donors (Lipinski definition) is 1. The molecule has 1 aromatic heterocycles. The molecule has 5 heteroatoms. The van der Waals surface area contributed by atoms with Gasteiger partial charge >= 0.3 is 0 Å². The van der Waals surface area contributed by atoms with Crippen LogP contribution in [0.3, 0.4) is 0 Å². The highest BCUT2D eigenvalue weighted by molar-refractivity contribution is 5.92. The minimum absolute atomic E-state index is 0.0728. The zero-order chi connectivity index (χ0) is 19.3. The summed E-state index contributed by atoms with van der Waals surface area (Å²) in [5, 5.41) is 3.09. The van der Waals surface area contributed by atoms with E-state index in [1.54, 1.807) is 0 Å². The van der Waals surface area contributed by atoms with Gasteiger partial charge in [-0.2, -0.15) is 0 Å². The molecular weight excluding hydrogens is 348 g/mol. The molecule has 3 heterocycles. The van der Waals surface area contributed by atoms with E-state index in [1.807, 2.05) is 12.1 Å². The van der Waals surface area contributed by atoms with Crippen LogP contribution in [-0.2, 0) is 11.8 Å². The molecule has 5 nitrogen and oxygen atoms in total. The fraction of sp³-hybridized carbons (Fsp3) is 0.522. The van der Waals surface area contributed by atoms with Gasteiger partial charge in [0.05, 0.1) is 12.6 Å². The smallest absolute Gasteiger partial charge is 0.238 e. The van der Waals surface area contributed by atoms with Gasteiger partial charge in [0, 0.05) is 43.4 Å². The predicted molar refractivity (Wildman–Crippen MR) is 115 cm³/mol. The molecule has 0 unspecified atom stereocenters. The van der Waals surface area contributed by atoms with E-state index in [9.17, 15) is 4.79 Å². The maximum atomic E-state index is 12.6. The van der Waals surface area contributed by atoms with Crippen molar-refractivity contribution in [1.82, 2.24) is 9.47 Å². The van der Waals surface area contributed by atoms with Crippen LogP contribution in [0.4, 0.5) is 11.4 Å². The van der Waals surface area contributed by atoms with Crippen LogP contribution in [0.1, 0.15) is 50.3 Å². The van der Waals surface area contributed by atoms with Crippen LogP contribution >= 0.6 is 0 Å². The zero-order valence-corrected chi connectivity index (χ0v) is 16.9. The predicted octanol–water partition coefficient (Wildman–Crippen LogP) is 4.18. The highest BCUT2D eigenvalue weighted by atomic mass is 16.2. The first-order valence-corrected chi connectivity index (χ1v) is 10.7. The molecule has 1 atom stereocenters. The fourth-order valence-corrected chi connectivity index (χ4v) is 4.64. The molecule has 0 radical (unpaired) electrons. The molecule has 2 aliphatic heterocycles. The third kappa shape index (κ3) is 4.41. The molecule has 1 aromatic carbocycles. The first-order valence-electron chi connectivity index (χ1n) is 10.7. The normalized spacial score (nSPS) is 20.9. The molecule has 2 aromatic rings. The van der Waals surface area contributed by atoms with Gasteiger partial charge in [0.1, 0.15) is 0 Å². The summed E-state index contributed by atoms with van der Waals surface area (Å²) in [7, 11) is 2.08. The van der Waals surface area contributed by atoms with E-state index < -0.39 is 0 Å². The van der Waals surface area contributed by atoms with Crippen molar-refractivity contribution in [1.29, 1.82) is 0 Å². The van der Waals surface area contributed by atoms with E-state index in [2.05, 4.69) is 57.2 Å². The number of hydrogen-bond acceptors (Lipinski definition) is 3. The summed E-state index contributed by atoms with van der Waals surface area (Å²) in [4.78, 5) is 17.4. The number of carbonyl (C=O) groups excluding carboxylic acids is 1. The number of carbonyl (C=O) groups is 1. The zero-order valence-electron chi connectivity index (χ0n) is 16.9. The first-order chi connectivity index (χ1) is 13.7. The molecule has 0 saturated carbocycles. The van der Waals surface area contributed by atoms with Crippen LogP contribution in [0.25, 0.3) is 0 Å². The lowest BCUT2D eigenvalue weighted by Crippen LogP contribution is -2.33. The Morgan fingerprint density at radius 1 is 1.00 bits per heavy atom. The number of rotatable bonds is 5. The topological polar surface area (TPSA) is 40.5 Å². The summed E-state index contributed by atoms with van der Waals surface area (Å²) < 4.78 is 2.17. The summed E-state index contributed by atoms with van der Waals surface area (Å²) in [6, 6.07) is 13.0. The van der Waals surface area contributed by atoms with Crippen LogP contribution < -0.4 is 10.2 Å². The molecule has 2 fully saturated rings. The van der Waals surface area contributed by atoms with Crippen molar-refractivity contribution in [2.75, 3.05) is 36.4 Å². The number of aromatic nitrogens is 1. The van der Waals surface area contributed by atoms with Crippen LogP contribution in [0.2, 0.25) is 0 Å². The molecular formula is C23H32N4O. The maximum absolute atomic E-state index is 12.6. The monoisotopic (exact) mass is 380 g/mol. The molecule has 0 spiro atoms. The molecule has 2 saturated heterocycles. The summed E-state index contributed by atoms with van der Waals surface area (Å²) in [6.07, 6.45) is 9.57. The van der Waals surface area contributed by atoms with Gasteiger partial charge in [-0.15, -0.1) is 0 Å². The number of aryl methyl sites for hydroxylation is 1. The largest absolute Gasteiger partial charge is 0.372 e. The molecule has 1 amide bonds. The Kier molecular flexibility index (Phi) is 6.01. The minimum atomic E-state index is 0.0728. The number of likely N-dealkylation sites (tertiary alicyclic amines) is 1. The van der Waals surface area contributed by atoms with Crippen molar-refractivity contribution >= 4 is 17.3 Å². The molecule has 1 N–H and O–H groups in total. The third-order valence-electron chi connectivity index (χ3n) is 6.16. The van der Waals surface area contributed by atoms with E-state index in [0.717, 1.165) is 38.2 Å². The van der Waals surface area contributed by atoms with E-state index in [0.29, 0.717) is 12.6 Å². The molecule has 150 valence electrons. The van der Waals surface area contributed by atoms with Crippen molar-refractivity contribution in [2.24, 2.45) is 7.05 Å². The van der Waals surface area contributed by atoms with Gasteiger partial charge < -0.3 is 14.8 Å². The highest BCUT2D eigenvalue weighted by Gasteiger charge is 2.28. The molecule has 0 bridgehead atoms. The second-order valence-corrected chi connectivity index (χ2v) is 8.17. The number of nitrogens with zero attached hydrogens (tertiary/aromatic N) is 3. The van der Waals surface area contributed by atoms with Gasteiger partial charge in [-0.3, -0.25) is 9.69 Å². The van der Waals surface area contributed by atoms with Crippen LogP contribution in [-0.4, -0.2) is 41.6 Å². The Hall–Kier alpha value is -2.27. The van der Waals surface area contributed by atoms with Crippen LogP contribution in [0.15, 0.2) is 42.6 Å².